The van der Waals surface area contributed by atoms with E-state index in [-0.39, 0.29) is 12.1 Å². The van der Waals surface area contributed by atoms with Gasteiger partial charge in [-0.2, -0.15) is 13.2 Å². The number of halogens is 4. The Hall–Kier alpha value is -1.14. The highest BCUT2D eigenvalue weighted by molar-refractivity contribution is 5.33. The van der Waals surface area contributed by atoms with Gasteiger partial charge in [-0.05, 0) is 31.0 Å². The zero-order valence-corrected chi connectivity index (χ0v) is 11.4. The molecule has 1 heterocycles. The van der Waals surface area contributed by atoms with Crippen molar-refractivity contribution in [2.24, 2.45) is 0 Å². The standard InChI is InChI=1S/C14H17F4NO/c1-3-13(2)8-19-7-12(20-13)10-5-4-9(15)6-11(10)14(16,17)18/h4-6,12,19H,3,7-8H2,1-2H3. The normalized spacial score (nSPS) is 27.6. The van der Waals surface area contributed by atoms with Crippen molar-refractivity contribution in [3.05, 3.63) is 35.1 Å². The highest BCUT2D eigenvalue weighted by atomic mass is 19.4. The van der Waals surface area contributed by atoms with Gasteiger partial charge in [-0.25, -0.2) is 4.39 Å². The quantitative estimate of drug-likeness (QED) is 0.839. The number of alkyl halides is 3. The van der Waals surface area contributed by atoms with Crippen LogP contribution in [0, 0.1) is 5.82 Å². The average Bonchev–Trinajstić information content (AvgIpc) is 2.38. The van der Waals surface area contributed by atoms with Gasteiger partial charge >= 0.3 is 6.18 Å². The second kappa shape index (κ2) is 5.33. The molecule has 1 aliphatic heterocycles. The third kappa shape index (κ3) is 3.12. The molecule has 2 unspecified atom stereocenters. The largest absolute Gasteiger partial charge is 0.416 e. The number of benzene rings is 1. The first-order valence-corrected chi connectivity index (χ1v) is 6.50. The van der Waals surface area contributed by atoms with Crippen LogP contribution in [0.4, 0.5) is 17.6 Å². The summed E-state index contributed by atoms with van der Waals surface area (Å²) in [4.78, 5) is 0. The molecule has 0 radical (unpaired) electrons. The fourth-order valence-electron chi connectivity index (χ4n) is 2.33. The molecule has 2 nitrogen and oxygen atoms in total. The molecular formula is C14H17F4NO. The lowest BCUT2D eigenvalue weighted by atomic mass is 9.96. The Kier molecular flexibility index (Phi) is 4.07. The molecule has 1 aliphatic rings. The molecule has 2 rings (SSSR count). The van der Waals surface area contributed by atoms with Gasteiger partial charge in [0.1, 0.15) is 5.82 Å². The number of morpholine rings is 1. The monoisotopic (exact) mass is 291 g/mol. The van der Waals surface area contributed by atoms with Crippen LogP contribution in [0.5, 0.6) is 0 Å². The Bertz CT molecular complexity index is 489. The molecule has 112 valence electrons. The van der Waals surface area contributed by atoms with Crippen molar-refractivity contribution in [3.8, 4) is 0 Å². The summed E-state index contributed by atoms with van der Waals surface area (Å²) in [5.41, 5.74) is -1.50. The summed E-state index contributed by atoms with van der Waals surface area (Å²) in [6.45, 7) is 4.63. The first kappa shape index (κ1) is 15.3. The Morgan fingerprint density at radius 3 is 2.70 bits per heavy atom. The Morgan fingerprint density at radius 2 is 2.10 bits per heavy atom. The van der Waals surface area contributed by atoms with Gasteiger partial charge in [-0.3, -0.25) is 0 Å². The predicted molar refractivity (Wildman–Crippen MR) is 66.8 cm³/mol. The van der Waals surface area contributed by atoms with Crippen LogP contribution in [0.3, 0.4) is 0 Å². The van der Waals surface area contributed by atoms with Gasteiger partial charge in [0, 0.05) is 13.1 Å². The van der Waals surface area contributed by atoms with Gasteiger partial charge < -0.3 is 10.1 Å². The van der Waals surface area contributed by atoms with Crippen LogP contribution < -0.4 is 5.32 Å². The van der Waals surface area contributed by atoms with Crippen molar-refractivity contribution in [1.82, 2.24) is 5.32 Å². The maximum atomic E-state index is 13.1. The second-order valence-corrected chi connectivity index (χ2v) is 5.27. The minimum Gasteiger partial charge on any atom is -0.365 e. The molecule has 1 saturated heterocycles. The maximum Gasteiger partial charge on any atom is 0.416 e. The van der Waals surface area contributed by atoms with E-state index in [2.05, 4.69) is 5.32 Å². The van der Waals surface area contributed by atoms with E-state index in [1.165, 1.54) is 0 Å². The first-order chi connectivity index (χ1) is 9.25. The fraction of sp³-hybridized carbons (Fsp3) is 0.571. The van der Waals surface area contributed by atoms with Crippen LogP contribution in [-0.4, -0.2) is 18.7 Å². The molecule has 0 bridgehead atoms. The molecule has 1 aromatic carbocycles. The van der Waals surface area contributed by atoms with E-state index < -0.39 is 29.3 Å². The number of hydrogen-bond acceptors (Lipinski definition) is 2. The molecule has 0 aromatic heterocycles. The van der Waals surface area contributed by atoms with Gasteiger partial charge in [-0.1, -0.05) is 13.0 Å². The van der Waals surface area contributed by atoms with Gasteiger partial charge in [0.15, 0.2) is 0 Å². The molecule has 6 heteroatoms. The zero-order valence-electron chi connectivity index (χ0n) is 11.4. The summed E-state index contributed by atoms with van der Waals surface area (Å²) < 4.78 is 58.0. The zero-order chi connectivity index (χ0) is 15.0. The van der Waals surface area contributed by atoms with Gasteiger partial charge in [0.2, 0.25) is 0 Å². The van der Waals surface area contributed by atoms with Crippen molar-refractivity contribution < 1.29 is 22.3 Å². The van der Waals surface area contributed by atoms with Crippen LogP contribution >= 0.6 is 0 Å². The number of nitrogens with one attached hydrogen (secondary N) is 1. The van der Waals surface area contributed by atoms with Crippen LogP contribution in [-0.2, 0) is 10.9 Å². The third-order valence-corrected chi connectivity index (χ3v) is 3.67. The van der Waals surface area contributed by atoms with Crippen molar-refractivity contribution in [3.63, 3.8) is 0 Å². The van der Waals surface area contributed by atoms with Crippen molar-refractivity contribution in [1.29, 1.82) is 0 Å². The topological polar surface area (TPSA) is 21.3 Å². The summed E-state index contributed by atoms with van der Waals surface area (Å²) >= 11 is 0. The number of rotatable bonds is 2. The van der Waals surface area contributed by atoms with E-state index in [9.17, 15) is 17.6 Å². The van der Waals surface area contributed by atoms with E-state index in [0.29, 0.717) is 19.0 Å². The lowest BCUT2D eigenvalue weighted by molar-refractivity contribution is -0.145. The number of hydrogen-bond donors (Lipinski definition) is 1. The molecule has 1 aromatic rings. The van der Waals surface area contributed by atoms with Crippen LogP contribution in [0.25, 0.3) is 0 Å². The Morgan fingerprint density at radius 1 is 1.40 bits per heavy atom. The van der Waals surface area contributed by atoms with Gasteiger partial charge in [-0.15, -0.1) is 0 Å². The smallest absolute Gasteiger partial charge is 0.365 e. The molecule has 0 aliphatic carbocycles. The van der Waals surface area contributed by atoms with Gasteiger partial charge in [0.05, 0.1) is 17.3 Å². The van der Waals surface area contributed by atoms with Crippen LogP contribution in [0.2, 0.25) is 0 Å². The SMILES string of the molecule is CCC1(C)CNCC(c2ccc(F)cc2C(F)(F)F)O1. The van der Waals surface area contributed by atoms with Gasteiger partial charge in [0.25, 0.3) is 0 Å². The Balaban J connectivity index is 2.37. The van der Waals surface area contributed by atoms with Crippen LogP contribution in [0.1, 0.15) is 37.5 Å². The second-order valence-electron chi connectivity index (χ2n) is 5.27. The molecule has 1 fully saturated rings. The molecule has 0 spiro atoms. The lowest BCUT2D eigenvalue weighted by Gasteiger charge is -2.39. The third-order valence-electron chi connectivity index (χ3n) is 3.67. The summed E-state index contributed by atoms with van der Waals surface area (Å²) in [6.07, 6.45) is -4.65. The molecular weight excluding hydrogens is 274 g/mol. The molecule has 20 heavy (non-hydrogen) atoms. The number of ether oxygens (including phenoxy) is 1. The van der Waals surface area contributed by atoms with Crippen molar-refractivity contribution in [2.75, 3.05) is 13.1 Å². The summed E-state index contributed by atoms with van der Waals surface area (Å²) in [5, 5.41) is 3.08. The summed E-state index contributed by atoms with van der Waals surface area (Å²) in [6, 6.07) is 2.72. The van der Waals surface area contributed by atoms with E-state index >= 15 is 0 Å². The lowest BCUT2D eigenvalue weighted by Crippen LogP contribution is -2.48. The molecule has 0 saturated carbocycles. The maximum absolute atomic E-state index is 13.1. The van der Waals surface area contributed by atoms with Crippen molar-refractivity contribution >= 4 is 0 Å². The van der Waals surface area contributed by atoms with Crippen LogP contribution in [0.15, 0.2) is 18.2 Å². The van der Waals surface area contributed by atoms with E-state index in [0.717, 1.165) is 12.1 Å². The highest BCUT2D eigenvalue weighted by Crippen LogP contribution is 2.38. The molecule has 1 N–H and O–H groups in total. The van der Waals surface area contributed by atoms with E-state index in [1.54, 1.807) is 0 Å². The van der Waals surface area contributed by atoms with E-state index in [4.69, 9.17) is 4.74 Å². The predicted octanol–water partition coefficient (Wildman–Crippen LogP) is 3.67. The highest BCUT2D eigenvalue weighted by Gasteiger charge is 2.39. The molecule has 0 amide bonds. The van der Waals surface area contributed by atoms with E-state index in [1.807, 2.05) is 13.8 Å². The summed E-state index contributed by atoms with van der Waals surface area (Å²) in [5.74, 6) is -0.900. The average molecular weight is 291 g/mol. The summed E-state index contributed by atoms with van der Waals surface area (Å²) in [7, 11) is 0. The minimum atomic E-state index is -4.60. The molecule has 2 atom stereocenters. The minimum absolute atomic E-state index is 0.0224. The first-order valence-electron chi connectivity index (χ1n) is 6.50. The van der Waals surface area contributed by atoms with Crippen molar-refractivity contribution in [2.45, 2.75) is 38.1 Å². The Labute approximate surface area is 115 Å². The fourth-order valence-corrected chi connectivity index (χ4v) is 2.33.